The number of nitrogens with two attached hydrogens (primary N) is 1. The molecule has 3 heterocycles. The number of halogens is 2. The topological polar surface area (TPSA) is 85.0 Å². The monoisotopic (exact) mass is 435 g/mol. The van der Waals surface area contributed by atoms with Crippen LogP contribution in [0.1, 0.15) is 16.1 Å². The highest BCUT2D eigenvalue weighted by molar-refractivity contribution is 6.31. The highest BCUT2D eigenvalue weighted by Crippen LogP contribution is 2.39. The van der Waals surface area contributed by atoms with Crippen molar-refractivity contribution in [3.8, 4) is 11.1 Å². The molecular weight excluding hydrogens is 417 g/mol. The number of hydrogen-bond donors (Lipinski definition) is 1. The summed E-state index contributed by atoms with van der Waals surface area (Å²) in [7, 11) is 1.50. The van der Waals surface area contributed by atoms with Gasteiger partial charge < -0.3 is 10.6 Å². The van der Waals surface area contributed by atoms with Crippen LogP contribution in [0.2, 0.25) is 5.02 Å². The van der Waals surface area contributed by atoms with Crippen LogP contribution in [-0.4, -0.2) is 34.8 Å². The second-order valence-corrected chi connectivity index (χ2v) is 7.22. The Morgan fingerprint density at radius 1 is 1.06 bits per heavy atom. The van der Waals surface area contributed by atoms with Crippen molar-refractivity contribution in [2.24, 2.45) is 5.73 Å². The van der Waals surface area contributed by atoms with E-state index < -0.39 is 5.82 Å². The van der Waals surface area contributed by atoms with Crippen LogP contribution in [0.25, 0.3) is 22.0 Å². The molecule has 4 aromatic rings. The molecule has 6 nitrogen and oxygen atoms in total. The molecule has 31 heavy (non-hydrogen) atoms. The molecule has 2 aromatic carbocycles. The lowest BCUT2D eigenvalue weighted by molar-refractivity contribution is 0.111. The summed E-state index contributed by atoms with van der Waals surface area (Å²) < 4.78 is 13.8. The quantitative estimate of drug-likeness (QED) is 0.474. The molecule has 0 bridgehead atoms. The van der Waals surface area contributed by atoms with Gasteiger partial charge in [0, 0.05) is 29.4 Å². The Labute approximate surface area is 183 Å². The van der Waals surface area contributed by atoms with E-state index in [0.717, 1.165) is 45.4 Å². The van der Waals surface area contributed by atoms with Crippen molar-refractivity contribution in [2.45, 2.75) is 6.42 Å². The number of nitrogens with zero attached hydrogens (tertiary/aromatic N) is 4. The third-order valence-electron chi connectivity index (χ3n) is 5.13. The van der Waals surface area contributed by atoms with Crippen LogP contribution >= 0.6 is 11.6 Å². The molecule has 0 saturated heterocycles. The molecule has 156 valence electrons. The number of aldehydes is 1. The van der Waals surface area contributed by atoms with Crippen molar-refractivity contribution in [3.05, 3.63) is 77.1 Å². The summed E-state index contributed by atoms with van der Waals surface area (Å²) >= 11 is 6.03. The molecule has 0 radical (unpaired) electrons. The first-order chi connectivity index (χ1) is 15.1. The van der Waals surface area contributed by atoms with Crippen molar-refractivity contribution in [2.75, 3.05) is 18.5 Å². The van der Waals surface area contributed by atoms with Crippen molar-refractivity contribution >= 4 is 40.3 Å². The Morgan fingerprint density at radius 3 is 2.61 bits per heavy atom. The second kappa shape index (κ2) is 8.75. The van der Waals surface area contributed by atoms with Gasteiger partial charge in [0.15, 0.2) is 6.29 Å². The predicted octanol–water partition coefficient (Wildman–Crippen LogP) is 4.57. The van der Waals surface area contributed by atoms with Crippen molar-refractivity contribution < 1.29 is 9.18 Å². The van der Waals surface area contributed by atoms with Crippen LogP contribution < -0.4 is 10.6 Å². The van der Waals surface area contributed by atoms with E-state index in [1.807, 2.05) is 29.2 Å². The van der Waals surface area contributed by atoms with Crippen LogP contribution in [0.5, 0.6) is 0 Å². The molecule has 0 aliphatic carbocycles. The summed E-state index contributed by atoms with van der Waals surface area (Å²) in [4.78, 5) is 25.9. The largest absolute Gasteiger partial charge is 0.333 e. The Bertz CT molecular complexity index is 1260. The number of anilines is 2. The number of carbonyl (C=O) groups excluding carboxylic acids is 1. The lowest BCUT2D eigenvalue weighted by atomic mass is 10.0. The van der Waals surface area contributed by atoms with Gasteiger partial charge in [-0.05, 0) is 54.9 Å². The first kappa shape index (κ1) is 20.8. The number of rotatable bonds is 3. The molecule has 1 aliphatic rings. The van der Waals surface area contributed by atoms with E-state index in [2.05, 4.69) is 20.7 Å². The van der Waals surface area contributed by atoms with Gasteiger partial charge in [0.1, 0.15) is 23.7 Å². The second-order valence-electron chi connectivity index (χ2n) is 6.82. The number of carbonyl (C=O) groups is 1. The number of hydrogen-bond acceptors (Lipinski definition) is 6. The molecule has 8 heteroatoms. The smallest absolute Gasteiger partial charge is 0.168 e. The van der Waals surface area contributed by atoms with E-state index in [0.29, 0.717) is 18.7 Å². The molecule has 0 atom stereocenters. The van der Waals surface area contributed by atoms with Gasteiger partial charge >= 0.3 is 0 Å². The number of fused-ring (bicyclic) bond motifs is 2. The molecule has 0 unspecified atom stereocenters. The summed E-state index contributed by atoms with van der Waals surface area (Å²) in [6, 6.07) is 12.6. The fourth-order valence-electron chi connectivity index (χ4n) is 3.69. The van der Waals surface area contributed by atoms with E-state index in [4.69, 9.17) is 11.6 Å². The number of aromatic nitrogens is 3. The summed E-state index contributed by atoms with van der Waals surface area (Å²) in [6.07, 6.45) is 4.63. The Hall–Kier alpha value is -3.42. The maximum atomic E-state index is 13.8. The van der Waals surface area contributed by atoms with E-state index in [-0.39, 0.29) is 5.02 Å². The van der Waals surface area contributed by atoms with Gasteiger partial charge in [0.2, 0.25) is 0 Å². The highest BCUT2D eigenvalue weighted by atomic mass is 35.5. The standard InChI is InChI=1S/C22H14ClFN4O.CH5N/c23-18-9-21-14(8-19(18)24)5-6-28(21)22-17-7-13(2-4-20(17)26-12-27-22)15-1-3-16(11-29)25-10-15;1-2/h1-4,7-12H,5-6H2;2H2,1H3. The van der Waals surface area contributed by atoms with E-state index in [1.54, 1.807) is 18.3 Å². The molecular formula is C23H19ClFN5O. The van der Waals surface area contributed by atoms with Crippen LogP contribution in [-0.2, 0) is 6.42 Å². The average molecular weight is 436 g/mol. The summed E-state index contributed by atoms with van der Waals surface area (Å²) in [5.74, 6) is 0.337. The van der Waals surface area contributed by atoms with E-state index >= 15 is 0 Å². The fourth-order valence-corrected chi connectivity index (χ4v) is 3.84. The predicted molar refractivity (Wildman–Crippen MR) is 120 cm³/mol. The number of pyridine rings is 1. The molecule has 1 aliphatic heterocycles. The number of benzene rings is 2. The maximum Gasteiger partial charge on any atom is 0.168 e. The van der Waals surface area contributed by atoms with Crippen LogP contribution in [0.3, 0.4) is 0 Å². The minimum absolute atomic E-state index is 0.0936. The van der Waals surface area contributed by atoms with Gasteiger partial charge in [-0.2, -0.15) is 0 Å². The van der Waals surface area contributed by atoms with Gasteiger partial charge in [-0.15, -0.1) is 0 Å². The third-order valence-corrected chi connectivity index (χ3v) is 5.42. The minimum Gasteiger partial charge on any atom is -0.333 e. The average Bonchev–Trinajstić information content (AvgIpc) is 3.22. The van der Waals surface area contributed by atoms with Gasteiger partial charge in [-0.3, -0.25) is 9.78 Å². The normalized spacial score (nSPS) is 12.3. The molecule has 0 amide bonds. The molecule has 0 saturated carbocycles. The van der Waals surface area contributed by atoms with Crippen LogP contribution in [0.15, 0.2) is 55.0 Å². The van der Waals surface area contributed by atoms with Gasteiger partial charge in [0.25, 0.3) is 0 Å². The summed E-state index contributed by atoms with van der Waals surface area (Å²) in [5, 5.41) is 0.966. The molecule has 2 aromatic heterocycles. The first-order valence-corrected chi connectivity index (χ1v) is 10.0. The van der Waals surface area contributed by atoms with Crippen LogP contribution in [0.4, 0.5) is 15.9 Å². The van der Waals surface area contributed by atoms with E-state index in [1.165, 1.54) is 19.4 Å². The summed E-state index contributed by atoms with van der Waals surface area (Å²) in [5.41, 5.74) is 9.28. The molecule has 0 fully saturated rings. The van der Waals surface area contributed by atoms with E-state index in [9.17, 15) is 9.18 Å². The third kappa shape index (κ3) is 3.85. The molecule has 5 rings (SSSR count). The minimum atomic E-state index is -0.409. The zero-order valence-corrected chi connectivity index (χ0v) is 17.5. The van der Waals surface area contributed by atoms with Gasteiger partial charge in [0.05, 0.1) is 10.5 Å². The summed E-state index contributed by atoms with van der Waals surface area (Å²) in [6.45, 7) is 0.682. The Morgan fingerprint density at radius 2 is 1.87 bits per heavy atom. The lowest BCUT2D eigenvalue weighted by Gasteiger charge is -2.20. The first-order valence-electron chi connectivity index (χ1n) is 9.63. The fraction of sp³-hybridized carbons (Fsp3) is 0.130. The zero-order valence-electron chi connectivity index (χ0n) is 16.7. The molecule has 0 spiro atoms. The van der Waals surface area contributed by atoms with Gasteiger partial charge in [-0.1, -0.05) is 23.7 Å². The highest BCUT2D eigenvalue weighted by Gasteiger charge is 2.25. The maximum absolute atomic E-state index is 13.8. The molecule has 2 N–H and O–H groups in total. The zero-order chi connectivity index (χ0) is 22.0. The Balaban J connectivity index is 0.00000112. The SMILES string of the molecule is CN.O=Cc1ccc(-c2ccc3ncnc(N4CCc5cc(F)c(Cl)cc54)c3c2)cn1. The van der Waals surface area contributed by atoms with Crippen molar-refractivity contribution in [3.63, 3.8) is 0 Å². The van der Waals surface area contributed by atoms with Crippen molar-refractivity contribution in [1.82, 2.24) is 15.0 Å². The Kier molecular flexibility index (Phi) is 5.88. The van der Waals surface area contributed by atoms with Crippen LogP contribution in [0, 0.1) is 5.82 Å². The lowest BCUT2D eigenvalue weighted by Crippen LogP contribution is -2.15. The van der Waals surface area contributed by atoms with Gasteiger partial charge in [-0.25, -0.2) is 14.4 Å². The van der Waals surface area contributed by atoms with Crippen molar-refractivity contribution in [1.29, 1.82) is 0 Å².